The van der Waals surface area contributed by atoms with Gasteiger partial charge in [-0.25, -0.2) is 0 Å². The molecule has 0 spiro atoms. The van der Waals surface area contributed by atoms with Crippen LogP contribution in [0.3, 0.4) is 0 Å². The SMILES string of the molecule is COC(O)(C1COCO1)C1COC(C)(C)O1. The first-order valence-electron chi connectivity index (χ1n) is 5.26. The van der Waals surface area contributed by atoms with E-state index in [4.69, 9.17) is 23.7 Å². The van der Waals surface area contributed by atoms with E-state index in [1.54, 1.807) is 13.8 Å². The molecule has 94 valence electrons. The van der Waals surface area contributed by atoms with Crippen molar-refractivity contribution < 1.29 is 28.8 Å². The quantitative estimate of drug-likeness (QED) is 0.685. The zero-order valence-corrected chi connectivity index (χ0v) is 9.76. The van der Waals surface area contributed by atoms with Crippen LogP contribution >= 0.6 is 0 Å². The third-order valence-electron chi connectivity index (χ3n) is 2.88. The fraction of sp³-hybridized carbons (Fsp3) is 1.00. The van der Waals surface area contributed by atoms with Crippen LogP contribution < -0.4 is 0 Å². The van der Waals surface area contributed by atoms with Gasteiger partial charge in [0, 0.05) is 7.11 Å². The largest absolute Gasteiger partial charge is 0.361 e. The third kappa shape index (κ3) is 2.09. The van der Waals surface area contributed by atoms with E-state index in [0.717, 1.165) is 0 Å². The summed E-state index contributed by atoms with van der Waals surface area (Å²) < 4.78 is 26.4. The van der Waals surface area contributed by atoms with Crippen molar-refractivity contribution in [3.63, 3.8) is 0 Å². The smallest absolute Gasteiger partial charge is 0.224 e. The van der Waals surface area contributed by atoms with Crippen LogP contribution in [-0.2, 0) is 23.7 Å². The van der Waals surface area contributed by atoms with Crippen molar-refractivity contribution in [3.8, 4) is 0 Å². The zero-order valence-electron chi connectivity index (χ0n) is 9.76. The molecule has 0 amide bonds. The van der Waals surface area contributed by atoms with Crippen LogP contribution in [0.25, 0.3) is 0 Å². The number of ether oxygens (including phenoxy) is 5. The lowest BCUT2D eigenvalue weighted by Crippen LogP contribution is -2.56. The maximum atomic E-state index is 10.4. The molecule has 0 aromatic rings. The Balaban J connectivity index is 2.09. The van der Waals surface area contributed by atoms with Gasteiger partial charge in [0.1, 0.15) is 19.0 Å². The standard InChI is InChI=1S/C10H18O6/c1-9(2)15-5-8(16-9)10(11,12-3)7-4-13-6-14-7/h7-8,11H,4-6H2,1-3H3. The maximum Gasteiger partial charge on any atom is 0.224 e. The molecule has 6 heteroatoms. The molecule has 16 heavy (non-hydrogen) atoms. The monoisotopic (exact) mass is 234 g/mol. The van der Waals surface area contributed by atoms with Crippen molar-refractivity contribution in [2.24, 2.45) is 0 Å². The molecule has 2 aliphatic heterocycles. The molecule has 2 heterocycles. The van der Waals surface area contributed by atoms with Crippen molar-refractivity contribution in [1.82, 2.24) is 0 Å². The Hall–Kier alpha value is -0.240. The zero-order chi connectivity index (χ0) is 11.8. The molecule has 0 aromatic heterocycles. The van der Waals surface area contributed by atoms with Crippen molar-refractivity contribution in [2.45, 2.75) is 37.6 Å². The maximum absolute atomic E-state index is 10.4. The van der Waals surface area contributed by atoms with Gasteiger partial charge in [0.15, 0.2) is 5.79 Å². The van der Waals surface area contributed by atoms with E-state index < -0.39 is 23.8 Å². The molecule has 6 nitrogen and oxygen atoms in total. The molecule has 0 saturated carbocycles. The molecule has 0 aliphatic carbocycles. The Labute approximate surface area is 94.4 Å². The van der Waals surface area contributed by atoms with E-state index in [1.165, 1.54) is 7.11 Å². The van der Waals surface area contributed by atoms with Gasteiger partial charge in [0.2, 0.25) is 5.79 Å². The Kier molecular flexibility index (Phi) is 3.22. The Morgan fingerprint density at radius 3 is 2.50 bits per heavy atom. The van der Waals surface area contributed by atoms with Crippen LogP contribution in [0.1, 0.15) is 13.8 Å². The predicted molar refractivity (Wildman–Crippen MR) is 52.6 cm³/mol. The predicted octanol–water partition coefficient (Wildman–Crippen LogP) is -0.154. The number of aliphatic hydroxyl groups is 1. The molecule has 2 rings (SSSR count). The van der Waals surface area contributed by atoms with Crippen LogP contribution in [0, 0.1) is 0 Å². The summed E-state index contributed by atoms with van der Waals surface area (Å²) in [7, 11) is 1.41. The minimum Gasteiger partial charge on any atom is -0.361 e. The molecule has 0 bridgehead atoms. The topological polar surface area (TPSA) is 66.4 Å². The highest BCUT2D eigenvalue weighted by atomic mass is 16.8. The second kappa shape index (κ2) is 4.21. The van der Waals surface area contributed by atoms with Gasteiger partial charge in [-0.1, -0.05) is 0 Å². The molecule has 2 aliphatic rings. The van der Waals surface area contributed by atoms with Crippen LogP contribution in [0.4, 0.5) is 0 Å². The summed E-state index contributed by atoms with van der Waals surface area (Å²) in [5, 5.41) is 10.4. The van der Waals surface area contributed by atoms with E-state index in [0.29, 0.717) is 0 Å². The van der Waals surface area contributed by atoms with Gasteiger partial charge in [0.05, 0.1) is 13.2 Å². The van der Waals surface area contributed by atoms with Crippen LogP contribution in [0.15, 0.2) is 0 Å². The number of rotatable bonds is 3. The molecule has 3 unspecified atom stereocenters. The first-order chi connectivity index (χ1) is 7.48. The van der Waals surface area contributed by atoms with Crippen LogP contribution in [0.2, 0.25) is 0 Å². The highest BCUT2D eigenvalue weighted by molar-refractivity contribution is 4.91. The Morgan fingerprint density at radius 1 is 1.31 bits per heavy atom. The average molecular weight is 234 g/mol. The van der Waals surface area contributed by atoms with Gasteiger partial charge in [-0.05, 0) is 13.8 Å². The summed E-state index contributed by atoms with van der Waals surface area (Å²) in [6, 6.07) is 0. The molecule has 2 saturated heterocycles. The second-order valence-electron chi connectivity index (χ2n) is 4.42. The lowest BCUT2D eigenvalue weighted by atomic mass is 10.0. The van der Waals surface area contributed by atoms with Gasteiger partial charge in [0.25, 0.3) is 0 Å². The van der Waals surface area contributed by atoms with E-state index in [1.807, 2.05) is 0 Å². The van der Waals surface area contributed by atoms with E-state index >= 15 is 0 Å². The van der Waals surface area contributed by atoms with E-state index in [-0.39, 0.29) is 20.0 Å². The summed E-state index contributed by atoms with van der Waals surface area (Å²) in [6.45, 7) is 4.28. The Bertz CT molecular complexity index is 250. The average Bonchev–Trinajstić information content (AvgIpc) is 2.86. The molecule has 2 fully saturated rings. The molecule has 0 aromatic carbocycles. The molecule has 0 radical (unpaired) electrons. The van der Waals surface area contributed by atoms with Crippen molar-refractivity contribution >= 4 is 0 Å². The van der Waals surface area contributed by atoms with Crippen molar-refractivity contribution in [1.29, 1.82) is 0 Å². The van der Waals surface area contributed by atoms with Gasteiger partial charge >= 0.3 is 0 Å². The fourth-order valence-electron chi connectivity index (χ4n) is 1.93. The number of hydrogen-bond acceptors (Lipinski definition) is 6. The van der Waals surface area contributed by atoms with Crippen LogP contribution in [-0.4, -0.2) is 56.0 Å². The third-order valence-corrected chi connectivity index (χ3v) is 2.88. The van der Waals surface area contributed by atoms with Gasteiger partial charge < -0.3 is 28.8 Å². The van der Waals surface area contributed by atoms with Crippen LogP contribution in [0.5, 0.6) is 0 Å². The van der Waals surface area contributed by atoms with E-state index in [2.05, 4.69) is 0 Å². The summed E-state index contributed by atoms with van der Waals surface area (Å²) in [4.78, 5) is 0. The number of hydrogen-bond donors (Lipinski definition) is 1. The number of methoxy groups -OCH3 is 1. The van der Waals surface area contributed by atoms with Gasteiger partial charge in [-0.15, -0.1) is 0 Å². The lowest BCUT2D eigenvalue weighted by Gasteiger charge is -2.35. The minimum absolute atomic E-state index is 0.160. The van der Waals surface area contributed by atoms with E-state index in [9.17, 15) is 5.11 Å². The molecule has 1 N–H and O–H groups in total. The van der Waals surface area contributed by atoms with Gasteiger partial charge in [-0.3, -0.25) is 0 Å². The summed E-state index contributed by atoms with van der Waals surface area (Å²) >= 11 is 0. The minimum atomic E-state index is -1.54. The lowest BCUT2D eigenvalue weighted by molar-refractivity contribution is -0.297. The van der Waals surface area contributed by atoms with Crippen molar-refractivity contribution in [2.75, 3.05) is 27.1 Å². The van der Waals surface area contributed by atoms with Gasteiger partial charge in [-0.2, -0.15) is 0 Å². The first-order valence-corrected chi connectivity index (χ1v) is 5.26. The summed E-state index contributed by atoms with van der Waals surface area (Å²) in [5.74, 6) is -2.25. The Morgan fingerprint density at radius 2 is 2.06 bits per heavy atom. The summed E-state index contributed by atoms with van der Waals surface area (Å²) in [5.41, 5.74) is 0. The molecular weight excluding hydrogens is 216 g/mol. The highest BCUT2D eigenvalue weighted by Gasteiger charge is 2.53. The first kappa shape index (κ1) is 12.2. The van der Waals surface area contributed by atoms with Crippen molar-refractivity contribution in [3.05, 3.63) is 0 Å². The highest BCUT2D eigenvalue weighted by Crippen LogP contribution is 2.33. The fourth-order valence-corrected chi connectivity index (χ4v) is 1.93. The molecular formula is C10H18O6. The summed E-state index contributed by atoms with van der Waals surface area (Å²) in [6.07, 6.45) is -1.14. The molecule has 3 atom stereocenters. The normalized spacial score (nSPS) is 37.5. The second-order valence-corrected chi connectivity index (χ2v) is 4.42.